The smallest absolute Gasteiger partial charge is 0.338 e. The number of hydrogen-bond acceptors (Lipinski definition) is 5. The number of amides is 2. The van der Waals surface area contributed by atoms with E-state index in [-0.39, 0.29) is 56.9 Å². The summed E-state index contributed by atoms with van der Waals surface area (Å²) >= 11 is 3.38. The molecule has 7 aromatic rings. The summed E-state index contributed by atoms with van der Waals surface area (Å²) in [6.07, 6.45) is -9.93. The maximum absolute atomic E-state index is 14.6. The van der Waals surface area contributed by atoms with Crippen molar-refractivity contribution >= 4 is 50.0 Å². The predicted octanol–water partition coefficient (Wildman–Crippen LogP) is 9.93. The van der Waals surface area contributed by atoms with Gasteiger partial charge in [-0.25, -0.2) is 5.10 Å². The topological polar surface area (TPSA) is 118 Å². The lowest BCUT2D eigenvalue weighted by Gasteiger charge is -2.21. The summed E-state index contributed by atoms with van der Waals surface area (Å²) < 4.78 is 89.6. The first-order chi connectivity index (χ1) is 26.2. The molecule has 0 aliphatic rings. The highest BCUT2D eigenvalue weighted by Gasteiger charge is 2.37. The van der Waals surface area contributed by atoms with Crippen molar-refractivity contribution in [2.75, 3.05) is 10.6 Å². The molecule has 0 unspecified atom stereocenters. The number of benzene rings is 5. The fourth-order valence-electron chi connectivity index (χ4n) is 6.49. The highest BCUT2D eigenvalue weighted by molar-refractivity contribution is 9.10. The van der Waals surface area contributed by atoms with Crippen LogP contribution in [0.5, 0.6) is 0 Å². The van der Waals surface area contributed by atoms with Gasteiger partial charge in [0.05, 0.1) is 34.4 Å². The number of aromatic amines is 1. The van der Waals surface area contributed by atoms with Gasteiger partial charge in [-0.2, -0.15) is 26.3 Å². The lowest BCUT2D eigenvalue weighted by molar-refractivity contribution is -0.137. The van der Waals surface area contributed by atoms with E-state index in [4.69, 9.17) is 0 Å². The normalized spacial score (nSPS) is 11.9. The van der Waals surface area contributed by atoms with Crippen LogP contribution in [0.3, 0.4) is 0 Å². The summed E-state index contributed by atoms with van der Waals surface area (Å²) in [6, 6.07) is 25.2. The first-order valence-corrected chi connectivity index (χ1v) is 17.2. The zero-order valence-electron chi connectivity index (χ0n) is 28.4. The molecule has 55 heavy (non-hydrogen) atoms. The van der Waals surface area contributed by atoms with Crippen molar-refractivity contribution in [2.45, 2.75) is 18.8 Å². The van der Waals surface area contributed by atoms with Crippen molar-refractivity contribution in [2.24, 2.45) is 7.05 Å². The molecule has 3 N–H and O–H groups in total. The van der Waals surface area contributed by atoms with Crippen molar-refractivity contribution in [1.82, 2.24) is 25.2 Å². The van der Waals surface area contributed by atoms with Crippen LogP contribution in [0.4, 0.5) is 37.7 Å². The number of carbonyl (C=O) groups is 2. The molecule has 0 aliphatic carbocycles. The van der Waals surface area contributed by atoms with Gasteiger partial charge in [-0.3, -0.25) is 9.59 Å². The second-order valence-electron chi connectivity index (χ2n) is 12.4. The molecule has 2 amide bonds. The maximum atomic E-state index is 14.6. The number of H-pyrrole nitrogens is 1. The monoisotopic (exact) mass is 817 g/mol. The van der Waals surface area contributed by atoms with Gasteiger partial charge in [0.2, 0.25) is 5.91 Å². The van der Waals surface area contributed by atoms with E-state index < -0.39 is 40.9 Å². The molecule has 7 rings (SSSR count). The summed E-state index contributed by atoms with van der Waals surface area (Å²) in [7, 11) is 1.44. The summed E-state index contributed by atoms with van der Waals surface area (Å²) in [4.78, 5) is 27.9. The Kier molecular flexibility index (Phi) is 9.77. The highest BCUT2D eigenvalue weighted by atomic mass is 79.9. The molecule has 278 valence electrons. The Morgan fingerprint density at radius 3 is 1.96 bits per heavy atom. The van der Waals surface area contributed by atoms with Crippen LogP contribution in [0.15, 0.2) is 114 Å². The number of nitrogens with one attached hydrogen (secondary N) is 3. The van der Waals surface area contributed by atoms with Crippen LogP contribution in [0, 0.1) is 0 Å². The molecule has 0 spiro atoms. The van der Waals surface area contributed by atoms with Crippen LogP contribution in [0.25, 0.3) is 44.5 Å². The first-order valence-electron chi connectivity index (χ1n) is 16.4. The summed E-state index contributed by atoms with van der Waals surface area (Å²) in [5.74, 6) is -1.13. The van der Waals surface area contributed by atoms with Gasteiger partial charge in [0.1, 0.15) is 5.69 Å². The van der Waals surface area contributed by atoms with Crippen LogP contribution in [0.1, 0.15) is 27.2 Å². The zero-order chi connectivity index (χ0) is 39.1. The average Bonchev–Trinajstić information content (AvgIpc) is 3.81. The Morgan fingerprint density at radius 2 is 1.35 bits per heavy atom. The van der Waals surface area contributed by atoms with E-state index in [1.807, 2.05) is 0 Å². The quantitative estimate of drug-likeness (QED) is 0.132. The van der Waals surface area contributed by atoms with Gasteiger partial charge < -0.3 is 15.2 Å². The maximum Gasteiger partial charge on any atom is 0.417 e. The minimum atomic E-state index is -4.89. The Bertz CT molecular complexity index is 2570. The Balaban J connectivity index is 1.51. The van der Waals surface area contributed by atoms with Crippen molar-refractivity contribution < 1.29 is 35.9 Å². The molecular weight excluding hydrogens is 792 g/mol. The first kappa shape index (κ1) is 37.0. The van der Waals surface area contributed by atoms with E-state index in [0.29, 0.717) is 15.6 Å². The number of alkyl halides is 6. The lowest BCUT2D eigenvalue weighted by atomic mass is 9.89. The predicted molar refractivity (Wildman–Crippen MR) is 198 cm³/mol. The zero-order valence-corrected chi connectivity index (χ0v) is 29.9. The molecule has 0 bridgehead atoms. The summed E-state index contributed by atoms with van der Waals surface area (Å²) in [6.45, 7) is 0. The molecule has 0 atom stereocenters. The van der Waals surface area contributed by atoms with Gasteiger partial charge >= 0.3 is 12.4 Å². The molecule has 0 aliphatic heterocycles. The third-order valence-electron chi connectivity index (χ3n) is 8.90. The molecule has 0 saturated carbocycles. The number of hydrogen-bond donors (Lipinski definition) is 3. The molecule has 0 fully saturated rings. The molecular formula is C39H26BrF6N7O2. The number of carbonyl (C=O) groups excluding carboxylic acids is 2. The fourth-order valence-corrected chi connectivity index (χ4v) is 6.85. The fraction of sp³-hybridized carbons (Fsp3) is 0.103. The van der Waals surface area contributed by atoms with Crippen LogP contribution in [0.2, 0.25) is 0 Å². The standard InChI is InChI=1S/C39H26BrF6N7O2/c1-53-32(37(55)47-31-16-15-22(40)18-28(31)36-49-51-52-50-36)20-27-25(23-11-5-7-13-29(23)38(41,42)43)19-26(24-12-6-8-14-30(24)39(44,45)46)34(35(27)53)48-33(54)17-21-9-3-2-4-10-21/h2-16,18-20H,17H2,1H3,(H,47,55)(H,48,54)(H,49,50,51,52). The van der Waals surface area contributed by atoms with Crippen molar-refractivity contribution in [1.29, 1.82) is 0 Å². The average molecular weight is 819 g/mol. The number of fused-ring (bicyclic) bond motifs is 1. The molecule has 0 saturated heterocycles. The minimum absolute atomic E-state index is 0.00322. The van der Waals surface area contributed by atoms with E-state index in [0.717, 1.165) is 12.1 Å². The molecule has 9 nitrogen and oxygen atoms in total. The number of tetrazole rings is 1. The second-order valence-corrected chi connectivity index (χ2v) is 13.3. The molecule has 5 aromatic carbocycles. The van der Waals surface area contributed by atoms with Crippen LogP contribution in [-0.4, -0.2) is 37.0 Å². The third-order valence-corrected chi connectivity index (χ3v) is 9.39. The molecule has 0 radical (unpaired) electrons. The SMILES string of the molecule is Cn1c(C(=O)Nc2ccc(Br)cc2-c2nnn[nH]2)cc2c(-c3ccccc3C(F)(F)F)cc(-c3ccccc3C(F)(F)F)c(NC(=O)Cc3ccccc3)c21. The van der Waals surface area contributed by atoms with Gasteiger partial charge in [-0.1, -0.05) is 82.7 Å². The Morgan fingerprint density at radius 1 is 0.727 bits per heavy atom. The molecule has 2 heterocycles. The van der Waals surface area contributed by atoms with Crippen LogP contribution < -0.4 is 10.6 Å². The van der Waals surface area contributed by atoms with Gasteiger partial charge in [-0.05, 0) is 75.1 Å². The van der Waals surface area contributed by atoms with E-state index in [9.17, 15) is 35.9 Å². The third kappa shape index (κ3) is 7.45. The van der Waals surface area contributed by atoms with Crippen molar-refractivity contribution in [3.05, 3.63) is 136 Å². The van der Waals surface area contributed by atoms with Gasteiger partial charge in [-0.15, -0.1) is 5.10 Å². The summed E-state index contributed by atoms with van der Waals surface area (Å²) in [5.41, 5.74) is -2.19. The lowest BCUT2D eigenvalue weighted by Crippen LogP contribution is -2.18. The number of anilines is 2. The Labute approximate surface area is 316 Å². The molecule has 16 heteroatoms. The van der Waals surface area contributed by atoms with E-state index in [2.05, 4.69) is 47.2 Å². The molecule has 2 aromatic heterocycles. The van der Waals surface area contributed by atoms with Crippen LogP contribution in [-0.2, 0) is 30.6 Å². The largest absolute Gasteiger partial charge is 0.417 e. The van der Waals surface area contributed by atoms with E-state index in [1.165, 1.54) is 60.1 Å². The summed E-state index contributed by atoms with van der Waals surface area (Å²) in [5, 5.41) is 19.3. The van der Waals surface area contributed by atoms with E-state index >= 15 is 0 Å². The van der Waals surface area contributed by atoms with Gasteiger partial charge in [0.15, 0.2) is 5.82 Å². The highest BCUT2D eigenvalue weighted by Crippen LogP contribution is 2.48. The van der Waals surface area contributed by atoms with Crippen molar-refractivity contribution in [3.63, 3.8) is 0 Å². The van der Waals surface area contributed by atoms with Gasteiger partial charge in [0.25, 0.3) is 5.91 Å². The number of aromatic nitrogens is 5. The Hall–Kier alpha value is -6.29. The van der Waals surface area contributed by atoms with Gasteiger partial charge in [0, 0.05) is 28.0 Å². The number of rotatable bonds is 8. The second kappa shape index (κ2) is 14.5. The number of halogens is 7. The number of aryl methyl sites for hydroxylation is 1. The van der Waals surface area contributed by atoms with Crippen LogP contribution >= 0.6 is 15.9 Å². The van der Waals surface area contributed by atoms with Crippen molar-refractivity contribution in [3.8, 4) is 33.6 Å². The van der Waals surface area contributed by atoms with E-state index in [1.54, 1.807) is 48.5 Å². The minimum Gasteiger partial charge on any atom is -0.338 e. The number of nitrogens with zero attached hydrogens (tertiary/aromatic N) is 4.